The summed E-state index contributed by atoms with van der Waals surface area (Å²) >= 11 is 0. The number of aryl methyl sites for hydroxylation is 1. The number of imidazole rings is 1. The third-order valence-electron chi connectivity index (χ3n) is 10.2. The molecule has 10 heteroatoms. The van der Waals surface area contributed by atoms with Crippen LogP contribution in [0, 0.1) is 23.5 Å². The highest BCUT2D eigenvalue weighted by molar-refractivity contribution is 6.00. The SMILES string of the molecule is COc1cc(C(=O)N2C[C@H]3CC[C@@H]2[C@@H]3N)cc2nc(-c3cc4ccc(-c5cc(F)c(CO)c(F)c5)cc4n3CC3CC3)n(C)c12. The molecular weight excluding hydrogens is 576 g/mol. The minimum atomic E-state index is -0.770. The van der Waals surface area contributed by atoms with E-state index >= 15 is 0 Å². The van der Waals surface area contributed by atoms with E-state index in [1.54, 1.807) is 13.2 Å². The molecule has 8 nitrogen and oxygen atoms in total. The van der Waals surface area contributed by atoms with Crippen LogP contribution in [0.25, 0.3) is 44.6 Å². The van der Waals surface area contributed by atoms with Crippen LogP contribution in [-0.4, -0.2) is 55.8 Å². The van der Waals surface area contributed by atoms with Crippen molar-refractivity contribution in [2.24, 2.45) is 24.6 Å². The Hall–Kier alpha value is -4.28. The second-order valence-corrected chi connectivity index (χ2v) is 12.9. The minimum absolute atomic E-state index is 0.0351. The number of likely N-dealkylation sites (tertiary alicyclic amines) is 1. The number of benzene rings is 3. The Morgan fingerprint density at radius 1 is 1.04 bits per heavy atom. The molecular formula is C35H35F2N5O3. The maximum absolute atomic E-state index is 14.6. The number of hydrogen-bond donors (Lipinski definition) is 2. The van der Waals surface area contributed by atoms with Crippen molar-refractivity contribution in [3.63, 3.8) is 0 Å². The number of ether oxygens (including phenoxy) is 1. The zero-order chi connectivity index (χ0) is 31.1. The van der Waals surface area contributed by atoms with Crippen LogP contribution in [0.2, 0.25) is 0 Å². The first-order valence-electron chi connectivity index (χ1n) is 15.6. The van der Waals surface area contributed by atoms with Crippen LogP contribution in [-0.2, 0) is 20.2 Å². The Labute approximate surface area is 259 Å². The molecule has 3 atom stereocenters. The van der Waals surface area contributed by atoms with Crippen molar-refractivity contribution >= 4 is 27.8 Å². The number of aromatic nitrogens is 3. The second kappa shape index (κ2) is 10.4. The zero-order valence-electron chi connectivity index (χ0n) is 25.3. The fraction of sp³-hybridized carbons (Fsp3) is 0.371. The van der Waals surface area contributed by atoms with E-state index in [9.17, 15) is 18.7 Å². The second-order valence-electron chi connectivity index (χ2n) is 12.9. The lowest BCUT2D eigenvalue weighted by molar-refractivity contribution is 0.0700. The van der Waals surface area contributed by atoms with Gasteiger partial charge in [0.2, 0.25) is 0 Å². The quantitative estimate of drug-likeness (QED) is 0.249. The number of carbonyl (C=O) groups is 1. The van der Waals surface area contributed by atoms with E-state index in [2.05, 4.69) is 10.6 Å². The number of rotatable bonds is 7. The average Bonchev–Trinajstić information content (AvgIpc) is 3.44. The van der Waals surface area contributed by atoms with Crippen LogP contribution < -0.4 is 10.5 Å². The highest BCUT2D eigenvalue weighted by Gasteiger charge is 2.47. The van der Waals surface area contributed by atoms with Gasteiger partial charge < -0.3 is 29.6 Å². The summed E-state index contributed by atoms with van der Waals surface area (Å²) in [5.74, 6) is 0.628. The van der Waals surface area contributed by atoms with Gasteiger partial charge in [-0.15, -0.1) is 0 Å². The number of piperidine rings is 1. The van der Waals surface area contributed by atoms with E-state index in [1.807, 2.05) is 40.8 Å². The first kappa shape index (κ1) is 28.2. The number of halogens is 2. The van der Waals surface area contributed by atoms with Crippen LogP contribution >= 0.6 is 0 Å². The number of methoxy groups -OCH3 is 1. The smallest absolute Gasteiger partial charge is 0.254 e. The molecule has 8 rings (SSSR count). The molecule has 1 saturated heterocycles. The molecule has 3 aliphatic rings. The van der Waals surface area contributed by atoms with Gasteiger partial charge in [0, 0.05) is 54.3 Å². The first-order chi connectivity index (χ1) is 21.7. The van der Waals surface area contributed by atoms with Gasteiger partial charge in [0.15, 0.2) is 5.82 Å². The highest BCUT2D eigenvalue weighted by Crippen LogP contribution is 2.41. The minimum Gasteiger partial charge on any atom is -0.494 e. The van der Waals surface area contributed by atoms with Gasteiger partial charge in [0.05, 0.1) is 24.9 Å². The third-order valence-corrected chi connectivity index (χ3v) is 10.2. The maximum atomic E-state index is 14.6. The summed E-state index contributed by atoms with van der Waals surface area (Å²) in [4.78, 5) is 20.7. The number of nitrogens with two attached hydrogens (primary N) is 1. The summed E-state index contributed by atoms with van der Waals surface area (Å²) in [5.41, 5.74) is 11.0. The molecule has 232 valence electrons. The van der Waals surface area contributed by atoms with Gasteiger partial charge in [-0.3, -0.25) is 4.79 Å². The summed E-state index contributed by atoms with van der Waals surface area (Å²) in [6.07, 6.45) is 4.29. The van der Waals surface area contributed by atoms with Crippen molar-refractivity contribution in [2.45, 2.75) is 50.9 Å². The van der Waals surface area contributed by atoms with Gasteiger partial charge in [-0.2, -0.15) is 0 Å². The predicted molar refractivity (Wildman–Crippen MR) is 168 cm³/mol. The standard InChI is InChI=1S/C35H35F2N5O3/c1-40-33-27(11-23(14-31(33)45-2)35(44)42-16-21-7-8-28(42)32(21)38)39-34(40)30-13-20-6-5-19(12-29(20)41(30)15-18-3-4-18)22-9-25(36)24(17-43)26(37)10-22/h5-6,9-14,18,21,28,32,43H,3-4,7-8,15-17,38H2,1-2H3/t21-,28-,32-/m1/s1. The van der Waals surface area contributed by atoms with E-state index in [-0.39, 0.29) is 23.6 Å². The molecule has 0 radical (unpaired) electrons. The van der Waals surface area contributed by atoms with E-state index < -0.39 is 18.2 Å². The van der Waals surface area contributed by atoms with E-state index in [1.165, 1.54) is 12.1 Å². The lowest BCUT2D eigenvalue weighted by Gasteiger charge is -2.27. The fourth-order valence-electron chi connectivity index (χ4n) is 7.56. The Bertz CT molecular complexity index is 1990. The predicted octanol–water partition coefficient (Wildman–Crippen LogP) is 5.61. The summed E-state index contributed by atoms with van der Waals surface area (Å²) in [6, 6.07) is 14.2. The molecule has 2 aliphatic carbocycles. The van der Waals surface area contributed by atoms with Gasteiger partial charge in [0.25, 0.3) is 5.91 Å². The van der Waals surface area contributed by atoms with Crippen molar-refractivity contribution in [2.75, 3.05) is 13.7 Å². The number of aliphatic hydroxyl groups excluding tert-OH is 1. The van der Waals surface area contributed by atoms with Crippen molar-refractivity contribution in [3.05, 3.63) is 71.3 Å². The normalized spacial score (nSPS) is 21.0. The molecule has 3 N–H and O–H groups in total. The third kappa shape index (κ3) is 4.45. The summed E-state index contributed by atoms with van der Waals surface area (Å²) in [7, 11) is 3.56. The van der Waals surface area contributed by atoms with E-state index in [0.717, 1.165) is 60.2 Å². The molecule has 1 aliphatic heterocycles. The van der Waals surface area contributed by atoms with Gasteiger partial charge >= 0.3 is 0 Å². The highest BCUT2D eigenvalue weighted by atomic mass is 19.1. The Kier molecular flexibility index (Phi) is 6.51. The van der Waals surface area contributed by atoms with Gasteiger partial charge in [-0.05, 0) is 85.0 Å². The average molecular weight is 612 g/mol. The van der Waals surface area contributed by atoms with Crippen LogP contribution in [0.3, 0.4) is 0 Å². The van der Waals surface area contributed by atoms with Crippen LogP contribution in [0.15, 0.2) is 48.5 Å². The molecule has 3 aromatic carbocycles. The molecule has 5 aromatic rings. The molecule has 2 bridgehead atoms. The number of nitrogens with zero attached hydrogens (tertiary/aromatic N) is 4. The fourth-order valence-corrected chi connectivity index (χ4v) is 7.56. The molecule has 0 unspecified atom stereocenters. The van der Waals surface area contributed by atoms with Gasteiger partial charge in [0.1, 0.15) is 22.9 Å². The van der Waals surface area contributed by atoms with Crippen LogP contribution in [0.1, 0.15) is 41.6 Å². The van der Waals surface area contributed by atoms with Crippen molar-refractivity contribution in [1.29, 1.82) is 0 Å². The van der Waals surface area contributed by atoms with Gasteiger partial charge in [-0.1, -0.05) is 12.1 Å². The zero-order valence-corrected chi connectivity index (χ0v) is 25.3. The lowest BCUT2D eigenvalue weighted by Crippen LogP contribution is -2.41. The lowest BCUT2D eigenvalue weighted by atomic mass is 10.0. The number of aliphatic hydroxyl groups is 1. The van der Waals surface area contributed by atoms with Crippen LogP contribution in [0.5, 0.6) is 5.75 Å². The van der Waals surface area contributed by atoms with Crippen molar-refractivity contribution < 1.29 is 23.4 Å². The molecule has 2 saturated carbocycles. The Morgan fingerprint density at radius 2 is 1.82 bits per heavy atom. The molecule has 3 fully saturated rings. The molecule has 2 aromatic heterocycles. The maximum Gasteiger partial charge on any atom is 0.254 e. The Morgan fingerprint density at radius 3 is 2.47 bits per heavy atom. The molecule has 0 spiro atoms. The number of hydrogen-bond acceptors (Lipinski definition) is 5. The van der Waals surface area contributed by atoms with Gasteiger partial charge in [-0.25, -0.2) is 13.8 Å². The largest absolute Gasteiger partial charge is 0.494 e. The van der Waals surface area contributed by atoms with E-state index in [0.29, 0.717) is 46.3 Å². The summed E-state index contributed by atoms with van der Waals surface area (Å²) < 4.78 is 39.2. The molecule has 1 amide bonds. The molecule has 45 heavy (non-hydrogen) atoms. The first-order valence-corrected chi connectivity index (χ1v) is 15.6. The topological polar surface area (TPSA) is 98.5 Å². The van der Waals surface area contributed by atoms with Crippen molar-refractivity contribution in [1.82, 2.24) is 19.0 Å². The number of carbonyl (C=O) groups excluding carboxylic acids is 1. The van der Waals surface area contributed by atoms with Crippen LogP contribution in [0.4, 0.5) is 8.78 Å². The number of amides is 1. The summed E-state index contributed by atoms with van der Waals surface area (Å²) in [6.45, 7) is 0.777. The van der Waals surface area contributed by atoms with E-state index in [4.69, 9.17) is 15.5 Å². The Balaban J connectivity index is 1.24. The summed E-state index contributed by atoms with van der Waals surface area (Å²) in [5, 5.41) is 10.3. The van der Waals surface area contributed by atoms with Crippen molar-refractivity contribution in [3.8, 4) is 28.4 Å². The monoisotopic (exact) mass is 611 g/mol. The number of fused-ring (bicyclic) bond motifs is 4. The molecule has 3 heterocycles.